The standard InChI is InChI=1S/C10H21NO3/c1-8(2)11-6-5-7-14-9(3)10(12)13-4/h8-9,11H,5-7H2,1-4H3. The summed E-state index contributed by atoms with van der Waals surface area (Å²) < 4.78 is 9.79. The number of rotatable bonds is 7. The van der Waals surface area contributed by atoms with Crippen molar-refractivity contribution in [2.24, 2.45) is 0 Å². The van der Waals surface area contributed by atoms with E-state index in [1.165, 1.54) is 7.11 Å². The Morgan fingerprint density at radius 2 is 2.00 bits per heavy atom. The van der Waals surface area contributed by atoms with Gasteiger partial charge >= 0.3 is 5.97 Å². The van der Waals surface area contributed by atoms with E-state index in [0.717, 1.165) is 13.0 Å². The molecule has 14 heavy (non-hydrogen) atoms. The molecule has 1 atom stereocenters. The van der Waals surface area contributed by atoms with Gasteiger partial charge < -0.3 is 14.8 Å². The van der Waals surface area contributed by atoms with Crippen LogP contribution in [-0.4, -0.2) is 38.4 Å². The Labute approximate surface area is 86.0 Å². The molecule has 4 heteroatoms. The molecule has 0 heterocycles. The first-order valence-electron chi connectivity index (χ1n) is 5.00. The first-order valence-corrected chi connectivity index (χ1v) is 5.00. The maximum Gasteiger partial charge on any atom is 0.334 e. The average Bonchev–Trinajstić information content (AvgIpc) is 2.15. The van der Waals surface area contributed by atoms with Crippen molar-refractivity contribution in [1.29, 1.82) is 0 Å². The fraction of sp³-hybridized carbons (Fsp3) is 0.900. The highest BCUT2D eigenvalue weighted by atomic mass is 16.6. The molecule has 0 spiro atoms. The van der Waals surface area contributed by atoms with Gasteiger partial charge in [0.25, 0.3) is 0 Å². The third kappa shape index (κ3) is 6.86. The number of hydrogen-bond donors (Lipinski definition) is 1. The second-order valence-corrected chi connectivity index (χ2v) is 3.50. The van der Waals surface area contributed by atoms with Gasteiger partial charge in [0, 0.05) is 12.6 Å². The molecular weight excluding hydrogens is 182 g/mol. The quantitative estimate of drug-likeness (QED) is 0.494. The predicted molar refractivity (Wildman–Crippen MR) is 55.2 cm³/mol. The summed E-state index contributed by atoms with van der Waals surface area (Å²) in [6.45, 7) is 7.37. The third-order valence-corrected chi connectivity index (χ3v) is 1.77. The van der Waals surface area contributed by atoms with Crippen molar-refractivity contribution in [2.75, 3.05) is 20.3 Å². The minimum atomic E-state index is -0.459. The Bertz CT molecular complexity index is 159. The van der Waals surface area contributed by atoms with E-state index in [1.54, 1.807) is 6.92 Å². The zero-order valence-electron chi connectivity index (χ0n) is 9.50. The van der Waals surface area contributed by atoms with Gasteiger partial charge in [0.15, 0.2) is 6.10 Å². The molecule has 0 rings (SSSR count). The number of ether oxygens (including phenoxy) is 2. The van der Waals surface area contributed by atoms with Crippen molar-refractivity contribution in [3.8, 4) is 0 Å². The van der Waals surface area contributed by atoms with E-state index in [4.69, 9.17) is 4.74 Å². The highest BCUT2D eigenvalue weighted by molar-refractivity contribution is 5.73. The lowest BCUT2D eigenvalue weighted by Crippen LogP contribution is -2.26. The molecule has 0 fully saturated rings. The van der Waals surface area contributed by atoms with Crippen LogP contribution in [0, 0.1) is 0 Å². The lowest BCUT2D eigenvalue weighted by atomic mass is 10.3. The third-order valence-electron chi connectivity index (χ3n) is 1.77. The van der Waals surface area contributed by atoms with Crippen LogP contribution in [0.15, 0.2) is 0 Å². The van der Waals surface area contributed by atoms with E-state index in [2.05, 4.69) is 23.9 Å². The van der Waals surface area contributed by atoms with E-state index in [-0.39, 0.29) is 5.97 Å². The Kier molecular flexibility index (Phi) is 7.42. The molecule has 1 unspecified atom stereocenters. The largest absolute Gasteiger partial charge is 0.467 e. The zero-order valence-corrected chi connectivity index (χ0v) is 9.50. The van der Waals surface area contributed by atoms with Gasteiger partial charge in [-0.1, -0.05) is 13.8 Å². The Balaban J connectivity index is 3.31. The van der Waals surface area contributed by atoms with Crippen molar-refractivity contribution in [1.82, 2.24) is 5.32 Å². The lowest BCUT2D eigenvalue weighted by molar-refractivity contribution is -0.152. The van der Waals surface area contributed by atoms with Gasteiger partial charge in [0.05, 0.1) is 7.11 Å². The molecule has 0 aliphatic rings. The Hall–Kier alpha value is -0.610. The molecule has 84 valence electrons. The Morgan fingerprint density at radius 1 is 1.36 bits per heavy atom. The van der Waals surface area contributed by atoms with Crippen LogP contribution in [0.5, 0.6) is 0 Å². The maximum absolute atomic E-state index is 10.9. The molecule has 0 aromatic rings. The maximum atomic E-state index is 10.9. The predicted octanol–water partition coefficient (Wildman–Crippen LogP) is 0.953. The molecule has 0 amide bonds. The molecule has 0 aromatic heterocycles. The van der Waals surface area contributed by atoms with Gasteiger partial charge in [0.2, 0.25) is 0 Å². The molecule has 0 aliphatic heterocycles. The fourth-order valence-corrected chi connectivity index (χ4v) is 0.957. The van der Waals surface area contributed by atoms with Crippen LogP contribution in [0.4, 0.5) is 0 Å². The van der Waals surface area contributed by atoms with Crippen LogP contribution in [-0.2, 0) is 14.3 Å². The second-order valence-electron chi connectivity index (χ2n) is 3.50. The minimum absolute atomic E-state index is 0.318. The average molecular weight is 203 g/mol. The second kappa shape index (κ2) is 7.76. The summed E-state index contributed by atoms with van der Waals surface area (Å²) >= 11 is 0. The SMILES string of the molecule is COC(=O)C(C)OCCCNC(C)C. The summed E-state index contributed by atoms with van der Waals surface area (Å²) in [5, 5.41) is 3.27. The van der Waals surface area contributed by atoms with Crippen molar-refractivity contribution in [3.05, 3.63) is 0 Å². The van der Waals surface area contributed by atoms with E-state index < -0.39 is 6.10 Å². The highest BCUT2D eigenvalue weighted by Gasteiger charge is 2.12. The van der Waals surface area contributed by atoms with Gasteiger partial charge in [-0.3, -0.25) is 0 Å². The van der Waals surface area contributed by atoms with E-state index >= 15 is 0 Å². The molecule has 1 N–H and O–H groups in total. The monoisotopic (exact) mass is 203 g/mol. The summed E-state index contributed by atoms with van der Waals surface area (Å²) in [5.74, 6) is -0.318. The molecular formula is C10H21NO3. The Morgan fingerprint density at radius 3 is 2.50 bits per heavy atom. The topological polar surface area (TPSA) is 47.6 Å². The summed E-state index contributed by atoms with van der Waals surface area (Å²) in [6.07, 6.45) is 0.443. The molecule has 0 bridgehead atoms. The summed E-state index contributed by atoms with van der Waals surface area (Å²) in [6, 6.07) is 0.494. The van der Waals surface area contributed by atoms with Crippen molar-refractivity contribution < 1.29 is 14.3 Å². The number of carbonyl (C=O) groups is 1. The molecule has 0 saturated carbocycles. The first kappa shape index (κ1) is 13.4. The van der Waals surface area contributed by atoms with Gasteiger partial charge in [-0.05, 0) is 19.9 Å². The van der Waals surface area contributed by atoms with Crippen LogP contribution in [0.3, 0.4) is 0 Å². The number of carbonyl (C=O) groups excluding carboxylic acids is 1. The van der Waals surface area contributed by atoms with Gasteiger partial charge in [-0.15, -0.1) is 0 Å². The van der Waals surface area contributed by atoms with E-state index in [9.17, 15) is 4.79 Å². The molecule has 4 nitrogen and oxygen atoms in total. The number of esters is 1. The number of hydrogen-bond acceptors (Lipinski definition) is 4. The summed E-state index contributed by atoms with van der Waals surface area (Å²) in [7, 11) is 1.36. The number of methoxy groups -OCH3 is 1. The summed E-state index contributed by atoms with van der Waals surface area (Å²) in [5.41, 5.74) is 0. The molecule has 0 aromatic carbocycles. The molecule has 0 radical (unpaired) electrons. The van der Waals surface area contributed by atoms with E-state index in [1.807, 2.05) is 0 Å². The fourth-order valence-electron chi connectivity index (χ4n) is 0.957. The van der Waals surface area contributed by atoms with Gasteiger partial charge in [0.1, 0.15) is 0 Å². The van der Waals surface area contributed by atoms with Crippen molar-refractivity contribution in [3.63, 3.8) is 0 Å². The van der Waals surface area contributed by atoms with Crippen LogP contribution in [0.25, 0.3) is 0 Å². The van der Waals surface area contributed by atoms with Gasteiger partial charge in [-0.2, -0.15) is 0 Å². The van der Waals surface area contributed by atoms with Crippen molar-refractivity contribution >= 4 is 5.97 Å². The smallest absolute Gasteiger partial charge is 0.334 e. The van der Waals surface area contributed by atoms with E-state index in [0.29, 0.717) is 12.6 Å². The summed E-state index contributed by atoms with van der Waals surface area (Å²) in [4.78, 5) is 10.9. The van der Waals surface area contributed by atoms with Crippen molar-refractivity contribution in [2.45, 2.75) is 39.3 Å². The lowest BCUT2D eigenvalue weighted by Gasteiger charge is -2.11. The van der Waals surface area contributed by atoms with Crippen LogP contribution >= 0.6 is 0 Å². The molecule has 0 saturated heterocycles. The minimum Gasteiger partial charge on any atom is -0.467 e. The normalized spacial score (nSPS) is 12.9. The molecule has 0 aliphatic carbocycles. The van der Waals surface area contributed by atoms with Crippen LogP contribution in [0.1, 0.15) is 27.2 Å². The van der Waals surface area contributed by atoms with Crippen LogP contribution < -0.4 is 5.32 Å². The highest BCUT2D eigenvalue weighted by Crippen LogP contribution is 1.94. The van der Waals surface area contributed by atoms with Crippen LogP contribution in [0.2, 0.25) is 0 Å². The van der Waals surface area contributed by atoms with Gasteiger partial charge in [-0.25, -0.2) is 4.79 Å². The number of nitrogens with one attached hydrogen (secondary N) is 1. The first-order chi connectivity index (χ1) is 6.57. The zero-order chi connectivity index (χ0) is 11.0.